The summed E-state index contributed by atoms with van der Waals surface area (Å²) in [5, 5.41) is 11.6. The third-order valence-electron chi connectivity index (χ3n) is 6.06. The van der Waals surface area contributed by atoms with Crippen LogP contribution in [0.1, 0.15) is 44.6 Å². The van der Waals surface area contributed by atoms with Gasteiger partial charge in [-0.1, -0.05) is 30.8 Å². The van der Waals surface area contributed by atoms with Crippen molar-refractivity contribution in [2.24, 2.45) is 5.92 Å². The molecule has 1 aromatic heterocycles. The fourth-order valence-electron chi connectivity index (χ4n) is 4.15. The topological polar surface area (TPSA) is 136 Å². The van der Waals surface area contributed by atoms with Crippen molar-refractivity contribution in [1.82, 2.24) is 25.9 Å². The van der Waals surface area contributed by atoms with Crippen molar-refractivity contribution in [3.05, 3.63) is 30.2 Å². The Bertz CT molecular complexity index is 1080. The van der Waals surface area contributed by atoms with Crippen LogP contribution >= 0.6 is 11.8 Å². The van der Waals surface area contributed by atoms with Crippen LogP contribution in [-0.4, -0.2) is 51.0 Å². The second kappa shape index (κ2) is 8.58. The molecule has 3 aliphatic rings. The van der Waals surface area contributed by atoms with Gasteiger partial charge in [-0.05, 0) is 43.7 Å². The predicted octanol–water partition coefficient (Wildman–Crippen LogP) is 2.21. The molecule has 2 fully saturated rings. The van der Waals surface area contributed by atoms with Gasteiger partial charge in [0, 0.05) is 0 Å². The number of hydrazine groups is 1. The molecule has 2 N–H and O–H groups in total. The Morgan fingerprint density at radius 3 is 2.79 bits per heavy atom. The quantitative estimate of drug-likeness (QED) is 0.495. The highest BCUT2D eigenvalue weighted by Crippen LogP contribution is 2.37. The second-order valence-electron chi connectivity index (χ2n) is 8.43. The number of carbonyl (C=O) groups is 3. The lowest BCUT2D eigenvalue weighted by atomic mass is 9.77. The summed E-state index contributed by atoms with van der Waals surface area (Å²) in [7, 11) is 0. The summed E-state index contributed by atoms with van der Waals surface area (Å²) in [6.45, 7) is 2.34. The highest BCUT2D eigenvalue weighted by Gasteiger charge is 2.52. The van der Waals surface area contributed by atoms with E-state index in [0.29, 0.717) is 30.3 Å². The van der Waals surface area contributed by atoms with Gasteiger partial charge in [0.05, 0.1) is 5.75 Å². The largest absolute Gasteiger partial charge is 0.485 e. The molecule has 5 rings (SSSR count). The lowest BCUT2D eigenvalue weighted by Crippen LogP contribution is -2.51. The Labute approximate surface area is 193 Å². The van der Waals surface area contributed by atoms with Crippen molar-refractivity contribution in [3.63, 3.8) is 0 Å². The molecule has 0 radical (unpaired) electrons. The molecule has 3 heterocycles. The van der Waals surface area contributed by atoms with E-state index in [1.807, 2.05) is 12.1 Å². The van der Waals surface area contributed by atoms with E-state index in [2.05, 4.69) is 27.9 Å². The standard InChI is InChI=1S/C21H23N5O6S/c1-12-6-8-21(9-7-12)18(28)26(19(29)22-21)25-16(27)11-33-20-24-23-17(32-20)15-10-30-13-4-2-3-5-14(13)31-15/h2-5,12,15H,6-11H2,1H3,(H,22,29)(H,25,27)/t12?,15-,21?/m1/s1. The van der Waals surface area contributed by atoms with Crippen molar-refractivity contribution >= 4 is 29.6 Å². The Kier molecular flexibility index (Phi) is 5.60. The smallest absolute Gasteiger partial charge is 0.344 e. The Morgan fingerprint density at radius 2 is 2.00 bits per heavy atom. The molecule has 12 heteroatoms. The molecule has 2 aromatic rings. The van der Waals surface area contributed by atoms with Crippen LogP contribution in [0.3, 0.4) is 0 Å². The zero-order valence-electron chi connectivity index (χ0n) is 17.9. The maximum Gasteiger partial charge on any atom is 0.344 e. The lowest BCUT2D eigenvalue weighted by Gasteiger charge is -2.33. The van der Waals surface area contributed by atoms with E-state index in [4.69, 9.17) is 13.9 Å². The fraction of sp³-hybridized carbons (Fsp3) is 0.476. The van der Waals surface area contributed by atoms with Crippen LogP contribution in [0.2, 0.25) is 0 Å². The van der Waals surface area contributed by atoms with Crippen LogP contribution < -0.4 is 20.2 Å². The van der Waals surface area contributed by atoms with Gasteiger partial charge < -0.3 is 19.2 Å². The lowest BCUT2D eigenvalue weighted by molar-refractivity contribution is -0.139. The number of imide groups is 1. The van der Waals surface area contributed by atoms with Crippen molar-refractivity contribution in [2.45, 2.75) is 49.5 Å². The zero-order chi connectivity index (χ0) is 23.0. The van der Waals surface area contributed by atoms with Crippen LogP contribution in [0.25, 0.3) is 0 Å². The first-order valence-corrected chi connectivity index (χ1v) is 11.7. The summed E-state index contributed by atoms with van der Waals surface area (Å²) < 4.78 is 17.1. The molecule has 11 nitrogen and oxygen atoms in total. The van der Waals surface area contributed by atoms with Gasteiger partial charge in [-0.15, -0.1) is 10.2 Å². The predicted molar refractivity (Wildman–Crippen MR) is 114 cm³/mol. The number of hydrogen-bond acceptors (Lipinski definition) is 9. The maximum absolute atomic E-state index is 12.8. The van der Waals surface area contributed by atoms with E-state index in [9.17, 15) is 14.4 Å². The molecule has 1 aliphatic carbocycles. The minimum Gasteiger partial charge on any atom is -0.485 e. The number of rotatable bonds is 5. The first-order chi connectivity index (χ1) is 15.9. The molecular formula is C21H23N5O6S. The van der Waals surface area contributed by atoms with Gasteiger partial charge >= 0.3 is 6.03 Å². The van der Waals surface area contributed by atoms with Gasteiger partial charge in [0.1, 0.15) is 12.1 Å². The van der Waals surface area contributed by atoms with Crippen molar-refractivity contribution in [2.75, 3.05) is 12.4 Å². The number of amides is 4. The SMILES string of the molecule is CC1CCC2(CC1)NC(=O)N(NC(=O)CSc1nnc([C@H]3COc4ccccc4O3)o1)C2=O. The van der Waals surface area contributed by atoms with E-state index >= 15 is 0 Å². The number of nitrogens with zero attached hydrogens (tertiary/aromatic N) is 3. The van der Waals surface area contributed by atoms with Gasteiger partial charge in [-0.2, -0.15) is 5.01 Å². The Balaban J connectivity index is 1.14. The first kappa shape index (κ1) is 21.6. The van der Waals surface area contributed by atoms with Crippen molar-refractivity contribution in [3.8, 4) is 11.5 Å². The van der Waals surface area contributed by atoms with E-state index in [-0.39, 0.29) is 23.5 Å². The molecule has 4 amide bonds. The number of ether oxygens (including phenoxy) is 2. The number of hydrogen-bond donors (Lipinski definition) is 2. The molecule has 1 spiro atoms. The summed E-state index contributed by atoms with van der Waals surface area (Å²) in [5.41, 5.74) is 1.48. The molecule has 2 aliphatic heterocycles. The minimum absolute atomic E-state index is 0.117. The summed E-state index contributed by atoms with van der Waals surface area (Å²) >= 11 is 0.994. The van der Waals surface area contributed by atoms with Crippen LogP contribution in [-0.2, 0) is 9.59 Å². The van der Waals surface area contributed by atoms with Gasteiger partial charge in [-0.3, -0.25) is 15.0 Å². The number of aromatic nitrogens is 2. The van der Waals surface area contributed by atoms with Crippen molar-refractivity contribution in [1.29, 1.82) is 0 Å². The van der Waals surface area contributed by atoms with E-state index in [0.717, 1.165) is 29.6 Å². The third-order valence-corrected chi connectivity index (χ3v) is 6.88. The average Bonchev–Trinajstić information content (AvgIpc) is 3.39. The number of benzene rings is 1. The second-order valence-corrected chi connectivity index (χ2v) is 9.36. The number of para-hydroxylation sites is 2. The Hall–Kier alpha value is -3.28. The summed E-state index contributed by atoms with van der Waals surface area (Å²) in [4.78, 5) is 37.5. The molecule has 1 aromatic carbocycles. The van der Waals surface area contributed by atoms with Crippen LogP contribution in [0.15, 0.2) is 33.9 Å². The summed E-state index contributed by atoms with van der Waals surface area (Å²) in [6.07, 6.45) is 2.29. The van der Waals surface area contributed by atoms with Gasteiger partial charge in [-0.25, -0.2) is 4.79 Å². The Morgan fingerprint density at radius 1 is 1.24 bits per heavy atom. The molecule has 0 unspecified atom stereocenters. The molecule has 1 saturated heterocycles. The molecular weight excluding hydrogens is 450 g/mol. The number of thioether (sulfide) groups is 1. The summed E-state index contributed by atoms with van der Waals surface area (Å²) in [6, 6.07) is 6.67. The number of fused-ring (bicyclic) bond motifs is 1. The fourth-order valence-corrected chi connectivity index (χ4v) is 4.71. The molecule has 174 valence electrons. The van der Waals surface area contributed by atoms with Crippen LogP contribution in [0, 0.1) is 5.92 Å². The third kappa shape index (κ3) is 4.22. The van der Waals surface area contributed by atoms with Crippen molar-refractivity contribution < 1.29 is 28.3 Å². The molecule has 0 bridgehead atoms. The number of urea groups is 1. The number of nitrogens with one attached hydrogen (secondary N) is 2. The van der Waals surface area contributed by atoms with Gasteiger partial charge in [0.25, 0.3) is 17.0 Å². The highest BCUT2D eigenvalue weighted by molar-refractivity contribution is 7.99. The molecule has 1 atom stereocenters. The maximum atomic E-state index is 12.8. The van der Waals surface area contributed by atoms with Gasteiger partial charge in [0.15, 0.2) is 11.5 Å². The van der Waals surface area contributed by atoms with Crippen LogP contribution in [0.4, 0.5) is 4.79 Å². The van der Waals surface area contributed by atoms with Crippen LogP contribution in [0.5, 0.6) is 11.5 Å². The van der Waals surface area contributed by atoms with E-state index in [1.54, 1.807) is 12.1 Å². The molecule has 1 saturated carbocycles. The average molecular weight is 474 g/mol. The zero-order valence-corrected chi connectivity index (χ0v) is 18.7. The monoisotopic (exact) mass is 473 g/mol. The van der Waals surface area contributed by atoms with Gasteiger partial charge in [0.2, 0.25) is 12.0 Å². The van der Waals surface area contributed by atoms with E-state index in [1.165, 1.54) is 0 Å². The number of carbonyl (C=O) groups excluding carboxylic acids is 3. The minimum atomic E-state index is -0.911. The first-order valence-electron chi connectivity index (χ1n) is 10.7. The summed E-state index contributed by atoms with van der Waals surface area (Å²) in [5.74, 6) is 0.912. The highest BCUT2D eigenvalue weighted by atomic mass is 32.2. The normalized spacial score (nSPS) is 26.4. The van der Waals surface area contributed by atoms with E-state index < -0.39 is 29.5 Å². The molecule has 33 heavy (non-hydrogen) atoms.